The van der Waals surface area contributed by atoms with E-state index >= 15 is 0 Å². The van der Waals surface area contributed by atoms with E-state index in [9.17, 15) is 14.4 Å². The third-order valence-corrected chi connectivity index (χ3v) is 5.11. The van der Waals surface area contributed by atoms with E-state index in [-0.39, 0.29) is 29.1 Å². The van der Waals surface area contributed by atoms with Crippen LogP contribution in [0.5, 0.6) is 0 Å². The van der Waals surface area contributed by atoms with Crippen LogP contribution in [0.1, 0.15) is 55.3 Å². The zero-order chi connectivity index (χ0) is 17.6. The number of likely N-dealkylation sites (tertiary alicyclic amines) is 1. The molecule has 7 nitrogen and oxygen atoms in total. The van der Waals surface area contributed by atoms with Crippen molar-refractivity contribution in [3.63, 3.8) is 0 Å². The summed E-state index contributed by atoms with van der Waals surface area (Å²) < 4.78 is 0. The van der Waals surface area contributed by atoms with Crippen LogP contribution >= 0.6 is 0 Å². The zero-order valence-corrected chi connectivity index (χ0v) is 14.4. The molecule has 3 rings (SSSR count). The molecule has 0 unspecified atom stereocenters. The molecule has 1 aliphatic carbocycles. The third kappa shape index (κ3) is 4.61. The molecule has 0 spiro atoms. The van der Waals surface area contributed by atoms with Crippen molar-refractivity contribution >= 4 is 11.9 Å². The fourth-order valence-corrected chi connectivity index (χ4v) is 3.65. The van der Waals surface area contributed by atoms with Crippen LogP contribution in [-0.4, -0.2) is 47.0 Å². The van der Waals surface area contributed by atoms with E-state index in [0.29, 0.717) is 32.0 Å². The predicted molar refractivity (Wildman–Crippen MR) is 94.5 cm³/mol. The highest BCUT2D eigenvalue weighted by Gasteiger charge is 2.26. The van der Waals surface area contributed by atoms with Crippen molar-refractivity contribution in [2.45, 2.75) is 57.0 Å². The summed E-state index contributed by atoms with van der Waals surface area (Å²) in [5, 5.41) is 6.08. The number of carbonyl (C=O) groups is 2. The van der Waals surface area contributed by atoms with Crippen molar-refractivity contribution in [1.82, 2.24) is 20.5 Å². The maximum Gasteiger partial charge on any atom is 0.315 e. The fourth-order valence-electron chi connectivity index (χ4n) is 3.65. The second-order valence-corrected chi connectivity index (χ2v) is 6.93. The molecule has 7 heteroatoms. The Labute approximate surface area is 147 Å². The van der Waals surface area contributed by atoms with Gasteiger partial charge in [0.15, 0.2) is 0 Å². The maximum absolute atomic E-state index is 12.4. The lowest BCUT2D eigenvalue weighted by atomic mass is 9.96. The Kier molecular flexibility index (Phi) is 5.73. The van der Waals surface area contributed by atoms with E-state index in [1.165, 1.54) is 25.5 Å². The number of hydrogen-bond donors (Lipinski definition) is 3. The molecule has 1 saturated heterocycles. The lowest BCUT2D eigenvalue weighted by Crippen LogP contribution is -2.51. The Hall–Kier alpha value is -2.31. The van der Waals surface area contributed by atoms with E-state index in [2.05, 4.69) is 15.6 Å². The zero-order valence-electron chi connectivity index (χ0n) is 14.4. The molecule has 1 aliphatic heterocycles. The number of H-pyrrole nitrogens is 1. The first-order chi connectivity index (χ1) is 12.1. The number of piperidine rings is 1. The number of hydrogen-bond acceptors (Lipinski definition) is 3. The molecule has 25 heavy (non-hydrogen) atoms. The minimum Gasteiger partial charge on any atom is -0.338 e. The van der Waals surface area contributed by atoms with Gasteiger partial charge in [0.2, 0.25) is 0 Å². The Bertz CT molecular complexity index is 658. The lowest BCUT2D eigenvalue weighted by molar-refractivity contribution is 0.0706. The smallest absolute Gasteiger partial charge is 0.315 e. The average Bonchev–Trinajstić information content (AvgIpc) is 2.63. The summed E-state index contributed by atoms with van der Waals surface area (Å²) in [5.74, 6) is -0.244. The molecule has 3 N–H and O–H groups in total. The van der Waals surface area contributed by atoms with Crippen LogP contribution in [0.25, 0.3) is 0 Å². The molecule has 2 aliphatic rings. The number of nitrogens with one attached hydrogen (secondary N) is 3. The monoisotopic (exact) mass is 346 g/mol. The van der Waals surface area contributed by atoms with Crippen LogP contribution in [0.2, 0.25) is 0 Å². The SMILES string of the molecule is O=C(NC1CCCCC1)NC1CCN(C(=O)c2ccc[nH]c2=O)CC1. The van der Waals surface area contributed by atoms with Gasteiger partial charge >= 0.3 is 6.03 Å². The highest BCUT2D eigenvalue weighted by atomic mass is 16.2. The lowest BCUT2D eigenvalue weighted by Gasteiger charge is -2.33. The Balaban J connectivity index is 1.45. The third-order valence-electron chi connectivity index (χ3n) is 5.11. The highest BCUT2D eigenvalue weighted by Crippen LogP contribution is 2.17. The number of rotatable bonds is 3. The van der Waals surface area contributed by atoms with Crippen molar-refractivity contribution < 1.29 is 9.59 Å². The first kappa shape index (κ1) is 17.5. The molecule has 0 aromatic carbocycles. The van der Waals surface area contributed by atoms with Crippen molar-refractivity contribution in [3.8, 4) is 0 Å². The number of amides is 3. The van der Waals surface area contributed by atoms with Crippen LogP contribution in [0.15, 0.2) is 23.1 Å². The minimum atomic E-state index is -0.361. The number of pyridine rings is 1. The quantitative estimate of drug-likeness (QED) is 0.776. The van der Waals surface area contributed by atoms with Crippen molar-refractivity contribution in [2.75, 3.05) is 13.1 Å². The van der Waals surface area contributed by atoms with E-state index in [1.54, 1.807) is 17.0 Å². The Morgan fingerprint density at radius 3 is 2.28 bits per heavy atom. The molecule has 2 fully saturated rings. The molecule has 2 heterocycles. The summed E-state index contributed by atoms with van der Waals surface area (Å²) >= 11 is 0. The molecule has 0 bridgehead atoms. The van der Waals surface area contributed by atoms with Crippen LogP contribution in [0.4, 0.5) is 4.79 Å². The summed E-state index contributed by atoms with van der Waals surface area (Å²) in [6, 6.07) is 3.46. The van der Waals surface area contributed by atoms with Gasteiger partial charge in [-0.3, -0.25) is 9.59 Å². The molecule has 1 aromatic rings. The van der Waals surface area contributed by atoms with E-state index in [0.717, 1.165) is 12.8 Å². The van der Waals surface area contributed by atoms with Crippen molar-refractivity contribution in [3.05, 3.63) is 34.2 Å². The maximum atomic E-state index is 12.4. The van der Waals surface area contributed by atoms with Gasteiger partial charge in [-0.05, 0) is 37.8 Å². The van der Waals surface area contributed by atoms with Crippen LogP contribution in [0, 0.1) is 0 Å². The van der Waals surface area contributed by atoms with Gasteiger partial charge in [-0.1, -0.05) is 19.3 Å². The van der Waals surface area contributed by atoms with Crippen molar-refractivity contribution in [2.24, 2.45) is 0 Å². The van der Waals surface area contributed by atoms with Gasteiger partial charge in [-0.25, -0.2) is 4.79 Å². The number of carbonyl (C=O) groups excluding carboxylic acids is 2. The topological polar surface area (TPSA) is 94.3 Å². The molecule has 0 atom stereocenters. The standard InChI is InChI=1S/C18H26N4O3/c23-16-15(7-4-10-19-16)17(24)22-11-8-14(9-12-22)21-18(25)20-13-5-2-1-3-6-13/h4,7,10,13-14H,1-3,5-6,8-9,11-12H2,(H,19,23)(H2,20,21,25). The van der Waals surface area contributed by atoms with Gasteiger partial charge in [0.1, 0.15) is 5.56 Å². The van der Waals surface area contributed by atoms with E-state index in [1.807, 2.05) is 0 Å². The molecular weight excluding hydrogens is 320 g/mol. The minimum absolute atomic E-state index is 0.0710. The second-order valence-electron chi connectivity index (χ2n) is 6.93. The van der Waals surface area contributed by atoms with Gasteiger partial charge in [-0.2, -0.15) is 0 Å². The average molecular weight is 346 g/mol. The van der Waals surface area contributed by atoms with Crippen LogP contribution in [0.3, 0.4) is 0 Å². The molecule has 1 aromatic heterocycles. The first-order valence-corrected chi connectivity index (χ1v) is 9.17. The van der Waals surface area contributed by atoms with Gasteiger partial charge in [0, 0.05) is 31.4 Å². The Morgan fingerprint density at radius 1 is 1.00 bits per heavy atom. The summed E-state index contributed by atoms with van der Waals surface area (Å²) in [6.07, 6.45) is 8.67. The summed E-state index contributed by atoms with van der Waals surface area (Å²) in [6.45, 7) is 1.09. The summed E-state index contributed by atoms with van der Waals surface area (Å²) in [7, 11) is 0. The summed E-state index contributed by atoms with van der Waals surface area (Å²) in [5.41, 5.74) is -0.191. The number of aromatic nitrogens is 1. The highest BCUT2D eigenvalue weighted by molar-refractivity contribution is 5.93. The Morgan fingerprint density at radius 2 is 1.64 bits per heavy atom. The van der Waals surface area contributed by atoms with E-state index in [4.69, 9.17) is 0 Å². The number of urea groups is 1. The molecule has 3 amide bonds. The second kappa shape index (κ2) is 8.18. The van der Waals surface area contributed by atoms with Crippen LogP contribution in [-0.2, 0) is 0 Å². The predicted octanol–water partition coefficient (Wildman–Crippen LogP) is 1.61. The molecule has 136 valence electrons. The fraction of sp³-hybridized carbons (Fsp3) is 0.611. The van der Waals surface area contributed by atoms with Crippen LogP contribution < -0.4 is 16.2 Å². The molecular formula is C18H26N4O3. The molecule has 1 saturated carbocycles. The van der Waals surface area contributed by atoms with E-state index < -0.39 is 0 Å². The largest absolute Gasteiger partial charge is 0.338 e. The number of nitrogens with zero attached hydrogens (tertiary/aromatic N) is 1. The summed E-state index contributed by atoms with van der Waals surface area (Å²) in [4.78, 5) is 40.5. The van der Waals surface area contributed by atoms with Gasteiger partial charge in [-0.15, -0.1) is 0 Å². The van der Waals surface area contributed by atoms with Gasteiger partial charge in [0.05, 0.1) is 0 Å². The van der Waals surface area contributed by atoms with Gasteiger partial charge in [0.25, 0.3) is 11.5 Å². The number of aromatic amines is 1. The van der Waals surface area contributed by atoms with Crippen molar-refractivity contribution in [1.29, 1.82) is 0 Å². The molecule has 0 radical (unpaired) electrons. The first-order valence-electron chi connectivity index (χ1n) is 9.17. The normalized spacial score (nSPS) is 19.4. The van der Waals surface area contributed by atoms with Gasteiger partial charge < -0.3 is 20.5 Å².